The summed E-state index contributed by atoms with van der Waals surface area (Å²) in [5.74, 6) is -0.0381. The number of benzene rings is 2. The third kappa shape index (κ3) is 4.92. The van der Waals surface area contributed by atoms with E-state index in [0.29, 0.717) is 5.56 Å². The van der Waals surface area contributed by atoms with E-state index in [9.17, 15) is 17.2 Å². The lowest BCUT2D eigenvalue weighted by Gasteiger charge is -2.21. The van der Waals surface area contributed by atoms with Gasteiger partial charge in [0.25, 0.3) is 10.0 Å². The first-order valence-electron chi connectivity index (χ1n) is 7.68. The van der Waals surface area contributed by atoms with Crippen molar-refractivity contribution in [3.05, 3.63) is 53.6 Å². The predicted molar refractivity (Wildman–Crippen MR) is 93.8 cm³/mol. The van der Waals surface area contributed by atoms with Crippen molar-refractivity contribution in [1.82, 2.24) is 0 Å². The van der Waals surface area contributed by atoms with Gasteiger partial charge in [-0.2, -0.15) is 8.78 Å². The van der Waals surface area contributed by atoms with Gasteiger partial charge in [-0.05, 0) is 53.8 Å². The summed E-state index contributed by atoms with van der Waals surface area (Å²) < 4.78 is 56.4. The van der Waals surface area contributed by atoms with E-state index in [4.69, 9.17) is 0 Å². The summed E-state index contributed by atoms with van der Waals surface area (Å²) in [6, 6.07) is 10.6. The molecule has 0 aliphatic carbocycles. The Hall–Kier alpha value is -2.15. The molecule has 25 heavy (non-hydrogen) atoms. The number of hydrogen-bond acceptors (Lipinski definition) is 3. The first-order valence-corrected chi connectivity index (χ1v) is 9.16. The zero-order valence-electron chi connectivity index (χ0n) is 14.5. The minimum Gasteiger partial charge on any atom is -0.435 e. The SMILES string of the molecule is Cc1ccc(C(C)(C)C)cc1S(=O)(=O)Nc1ccc(OC(F)F)cc1. The van der Waals surface area contributed by atoms with Gasteiger partial charge in [0.1, 0.15) is 5.75 Å². The van der Waals surface area contributed by atoms with Gasteiger partial charge in [0, 0.05) is 5.69 Å². The van der Waals surface area contributed by atoms with Crippen molar-refractivity contribution in [3.8, 4) is 5.75 Å². The Morgan fingerprint density at radius 1 is 1.04 bits per heavy atom. The van der Waals surface area contributed by atoms with Crippen LogP contribution in [-0.4, -0.2) is 15.0 Å². The molecule has 0 saturated heterocycles. The summed E-state index contributed by atoms with van der Waals surface area (Å²) in [5.41, 5.74) is 1.60. The summed E-state index contributed by atoms with van der Waals surface area (Å²) in [5, 5.41) is 0. The van der Waals surface area contributed by atoms with Crippen molar-refractivity contribution in [3.63, 3.8) is 0 Å². The van der Waals surface area contributed by atoms with Crippen LogP contribution in [0.25, 0.3) is 0 Å². The maximum atomic E-state index is 12.7. The standard InChI is InChI=1S/C18H21F2NO3S/c1-12-5-6-13(18(2,3)4)11-16(12)25(22,23)21-14-7-9-15(10-8-14)24-17(19)20/h5-11,17,21H,1-4H3. The van der Waals surface area contributed by atoms with E-state index >= 15 is 0 Å². The van der Waals surface area contributed by atoms with Gasteiger partial charge in [-0.1, -0.05) is 32.9 Å². The molecule has 0 aliphatic heterocycles. The molecule has 0 saturated carbocycles. The summed E-state index contributed by atoms with van der Waals surface area (Å²) in [6.07, 6.45) is 0. The molecule has 0 spiro atoms. The molecule has 0 fully saturated rings. The zero-order chi connectivity index (χ0) is 18.8. The Balaban J connectivity index is 2.30. The number of anilines is 1. The molecule has 0 heterocycles. The number of hydrogen-bond donors (Lipinski definition) is 1. The van der Waals surface area contributed by atoms with Gasteiger partial charge < -0.3 is 4.74 Å². The summed E-state index contributed by atoms with van der Waals surface area (Å²) >= 11 is 0. The molecule has 0 unspecified atom stereocenters. The molecule has 7 heteroatoms. The van der Waals surface area contributed by atoms with Crippen molar-refractivity contribution in [2.24, 2.45) is 0 Å². The quantitative estimate of drug-likeness (QED) is 0.831. The highest BCUT2D eigenvalue weighted by Gasteiger charge is 2.21. The van der Waals surface area contributed by atoms with Crippen LogP contribution in [0, 0.1) is 6.92 Å². The fourth-order valence-electron chi connectivity index (χ4n) is 2.27. The average molecular weight is 369 g/mol. The second-order valence-electron chi connectivity index (χ2n) is 6.74. The number of sulfonamides is 1. The monoisotopic (exact) mass is 369 g/mol. The highest BCUT2D eigenvalue weighted by atomic mass is 32.2. The van der Waals surface area contributed by atoms with Crippen molar-refractivity contribution in [1.29, 1.82) is 0 Å². The van der Waals surface area contributed by atoms with E-state index < -0.39 is 16.6 Å². The number of nitrogens with one attached hydrogen (secondary N) is 1. The Morgan fingerprint density at radius 2 is 1.64 bits per heavy atom. The number of alkyl halides is 2. The average Bonchev–Trinajstić information content (AvgIpc) is 2.47. The maximum absolute atomic E-state index is 12.7. The number of halogens is 2. The van der Waals surface area contributed by atoms with Crippen LogP contribution in [0.5, 0.6) is 5.75 Å². The molecular weight excluding hydrogens is 348 g/mol. The lowest BCUT2D eigenvalue weighted by molar-refractivity contribution is -0.0498. The van der Waals surface area contributed by atoms with Gasteiger partial charge in [0.2, 0.25) is 0 Å². The smallest absolute Gasteiger partial charge is 0.387 e. The summed E-state index contributed by atoms with van der Waals surface area (Å²) in [6.45, 7) is 4.81. The van der Waals surface area contributed by atoms with Crippen LogP contribution in [0.2, 0.25) is 0 Å². The van der Waals surface area contributed by atoms with Gasteiger partial charge in [0.15, 0.2) is 0 Å². The Morgan fingerprint density at radius 3 is 2.16 bits per heavy atom. The van der Waals surface area contributed by atoms with E-state index in [-0.39, 0.29) is 21.7 Å². The van der Waals surface area contributed by atoms with E-state index in [1.165, 1.54) is 24.3 Å². The van der Waals surface area contributed by atoms with Crippen molar-refractivity contribution in [2.75, 3.05) is 4.72 Å². The van der Waals surface area contributed by atoms with Gasteiger partial charge in [-0.3, -0.25) is 4.72 Å². The molecule has 2 aromatic carbocycles. The summed E-state index contributed by atoms with van der Waals surface area (Å²) in [4.78, 5) is 0.188. The fraction of sp³-hybridized carbons (Fsp3) is 0.333. The minimum atomic E-state index is -3.80. The number of rotatable bonds is 5. The van der Waals surface area contributed by atoms with Crippen LogP contribution >= 0.6 is 0 Å². The Bertz CT molecular complexity index is 842. The molecule has 136 valence electrons. The molecule has 1 N–H and O–H groups in total. The van der Waals surface area contributed by atoms with Gasteiger partial charge in [-0.25, -0.2) is 8.42 Å². The molecule has 2 aromatic rings. The largest absolute Gasteiger partial charge is 0.435 e. The lowest BCUT2D eigenvalue weighted by Crippen LogP contribution is -2.17. The zero-order valence-corrected chi connectivity index (χ0v) is 15.3. The van der Waals surface area contributed by atoms with E-state index in [1.54, 1.807) is 19.1 Å². The molecule has 2 rings (SSSR count). The third-order valence-electron chi connectivity index (χ3n) is 3.68. The van der Waals surface area contributed by atoms with Crippen LogP contribution < -0.4 is 9.46 Å². The highest BCUT2D eigenvalue weighted by molar-refractivity contribution is 7.92. The second kappa shape index (κ2) is 7.00. The molecule has 0 bridgehead atoms. The minimum absolute atomic E-state index is 0.0381. The van der Waals surface area contributed by atoms with Crippen LogP contribution in [0.15, 0.2) is 47.4 Å². The summed E-state index contributed by atoms with van der Waals surface area (Å²) in [7, 11) is -3.80. The second-order valence-corrected chi connectivity index (χ2v) is 8.39. The number of ether oxygens (including phenoxy) is 1. The highest BCUT2D eigenvalue weighted by Crippen LogP contribution is 2.28. The van der Waals surface area contributed by atoms with Crippen molar-refractivity contribution >= 4 is 15.7 Å². The third-order valence-corrected chi connectivity index (χ3v) is 5.20. The molecule has 0 aromatic heterocycles. The number of aryl methyl sites for hydroxylation is 1. The molecule has 0 aliphatic rings. The fourth-order valence-corrected chi connectivity index (χ4v) is 3.60. The maximum Gasteiger partial charge on any atom is 0.387 e. The van der Waals surface area contributed by atoms with Crippen LogP contribution in [0.4, 0.5) is 14.5 Å². The first-order chi connectivity index (χ1) is 11.5. The molecule has 4 nitrogen and oxygen atoms in total. The van der Waals surface area contributed by atoms with Crippen LogP contribution in [0.1, 0.15) is 31.9 Å². The van der Waals surface area contributed by atoms with E-state index in [1.807, 2.05) is 26.8 Å². The predicted octanol–water partition coefficient (Wildman–Crippen LogP) is 4.69. The van der Waals surface area contributed by atoms with E-state index in [2.05, 4.69) is 9.46 Å². The van der Waals surface area contributed by atoms with Crippen molar-refractivity contribution < 1.29 is 21.9 Å². The molecule has 0 atom stereocenters. The van der Waals surface area contributed by atoms with E-state index in [0.717, 1.165) is 5.56 Å². The van der Waals surface area contributed by atoms with Gasteiger partial charge >= 0.3 is 6.61 Å². The van der Waals surface area contributed by atoms with Crippen molar-refractivity contribution in [2.45, 2.75) is 44.6 Å². The van der Waals surface area contributed by atoms with Gasteiger partial charge in [0.05, 0.1) is 4.90 Å². The molecule has 0 amide bonds. The first kappa shape index (κ1) is 19.2. The lowest BCUT2D eigenvalue weighted by atomic mass is 9.87. The van der Waals surface area contributed by atoms with Gasteiger partial charge in [-0.15, -0.1) is 0 Å². The van der Waals surface area contributed by atoms with Crippen LogP contribution in [0.3, 0.4) is 0 Å². The molecule has 0 radical (unpaired) electrons. The Labute approximate surface area is 146 Å². The van der Waals surface area contributed by atoms with Crippen LogP contribution in [-0.2, 0) is 15.4 Å². The normalized spacial score (nSPS) is 12.3. The topological polar surface area (TPSA) is 55.4 Å². The molecular formula is C18H21F2NO3S. The Kier molecular flexibility index (Phi) is 5.37.